The van der Waals surface area contributed by atoms with Crippen LogP contribution in [0.2, 0.25) is 0 Å². The van der Waals surface area contributed by atoms with Crippen LogP contribution in [-0.2, 0) is 0 Å². The van der Waals surface area contributed by atoms with Crippen LogP contribution < -0.4 is 15.2 Å². The molecule has 0 spiro atoms. The van der Waals surface area contributed by atoms with E-state index in [1.807, 2.05) is 18.2 Å². The van der Waals surface area contributed by atoms with Gasteiger partial charge in [-0.15, -0.1) is 0 Å². The Balaban J connectivity index is 2.86. The molecule has 3 heteroatoms. The Kier molecular flexibility index (Phi) is 7.34. The Hall–Kier alpha value is -1.22. The summed E-state index contributed by atoms with van der Waals surface area (Å²) < 4.78 is 11.5. The smallest absolute Gasteiger partial charge is 0.161 e. The monoisotopic (exact) mass is 265 g/mol. The summed E-state index contributed by atoms with van der Waals surface area (Å²) in [7, 11) is 0. The Morgan fingerprint density at radius 3 is 2.16 bits per heavy atom. The number of rotatable bonds is 9. The lowest BCUT2D eigenvalue weighted by Gasteiger charge is -2.16. The van der Waals surface area contributed by atoms with Gasteiger partial charge >= 0.3 is 0 Å². The first-order valence-corrected chi connectivity index (χ1v) is 7.38. The molecule has 1 atom stereocenters. The minimum absolute atomic E-state index is 0.0780. The van der Waals surface area contributed by atoms with Crippen molar-refractivity contribution in [1.29, 1.82) is 0 Å². The number of ether oxygens (including phenoxy) is 2. The van der Waals surface area contributed by atoms with Crippen molar-refractivity contribution in [3.05, 3.63) is 23.8 Å². The van der Waals surface area contributed by atoms with E-state index in [1.165, 1.54) is 0 Å². The molecule has 0 radical (unpaired) electrons. The molecule has 1 unspecified atom stereocenters. The minimum atomic E-state index is 0.0780. The van der Waals surface area contributed by atoms with E-state index in [9.17, 15) is 0 Å². The Morgan fingerprint density at radius 1 is 0.947 bits per heavy atom. The molecule has 0 heterocycles. The van der Waals surface area contributed by atoms with Crippen LogP contribution in [0.15, 0.2) is 18.2 Å². The quantitative estimate of drug-likeness (QED) is 0.732. The fourth-order valence-corrected chi connectivity index (χ4v) is 1.89. The van der Waals surface area contributed by atoms with Crippen molar-refractivity contribution >= 4 is 0 Å². The SMILES string of the molecule is CCCOc1ccc(C(N)CCC)cc1OCCC. The standard InChI is InChI=1S/C16H27NO2/c1-4-7-14(17)13-8-9-15(18-10-5-2)16(12-13)19-11-6-3/h8-9,12,14H,4-7,10-11,17H2,1-3H3. The minimum Gasteiger partial charge on any atom is -0.490 e. The van der Waals surface area contributed by atoms with Gasteiger partial charge < -0.3 is 15.2 Å². The third kappa shape index (κ3) is 5.11. The van der Waals surface area contributed by atoms with Gasteiger partial charge in [-0.1, -0.05) is 33.3 Å². The van der Waals surface area contributed by atoms with Crippen LogP contribution in [0.25, 0.3) is 0 Å². The van der Waals surface area contributed by atoms with Gasteiger partial charge in [0.15, 0.2) is 11.5 Å². The lowest BCUT2D eigenvalue weighted by Crippen LogP contribution is -2.10. The van der Waals surface area contributed by atoms with Gasteiger partial charge in [0.2, 0.25) is 0 Å². The van der Waals surface area contributed by atoms with Crippen LogP contribution in [0.1, 0.15) is 58.1 Å². The third-order valence-corrected chi connectivity index (χ3v) is 2.92. The van der Waals surface area contributed by atoms with Crippen molar-refractivity contribution in [3.8, 4) is 11.5 Å². The summed E-state index contributed by atoms with van der Waals surface area (Å²) in [5.41, 5.74) is 7.28. The zero-order valence-corrected chi connectivity index (χ0v) is 12.4. The first-order valence-electron chi connectivity index (χ1n) is 7.38. The van der Waals surface area contributed by atoms with Crippen molar-refractivity contribution in [3.63, 3.8) is 0 Å². The second kappa shape index (κ2) is 8.81. The average Bonchev–Trinajstić information content (AvgIpc) is 2.43. The van der Waals surface area contributed by atoms with E-state index in [1.54, 1.807) is 0 Å². The lowest BCUT2D eigenvalue weighted by molar-refractivity contribution is 0.268. The van der Waals surface area contributed by atoms with E-state index < -0.39 is 0 Å². The summed E-state index contributed by atoms with van der Waals surface area (Å²) in [5, 5.41) is 0. The molecule has 3 nitrogen and oxygen atoms in total. The molecule has 0 amide bonds. The fourth-order valence-electron chi connectivity index (χ4n) is 1.89. The van der Waals surface area contributed by atoms with E-state index in [0.29, 0.717) is 13.2 Å². The summed E-state index contributed by atoms with van der Waals surface area (Å²) in [6.45, 7) is 7.75. The maximum absolute atomic E-state index is 6.16. The maximum atomic E-state index is 6.16. The van der Waals surface area contributed by atoms with E-state index in [-0.39, 0.29) is 6.04 Å². The van der Waals surface area contributed by atoms with E-state index >= 15 is 0 Å². The molecule has 0 aromatic heterocycles. The van der Waals surface area contributed by atoms with E-state index in [0.717, 1.165) is 42.7 Å². The highest BCUT2D eigenvalue weighted by Crippen LogP contribution is 2.31. The first-order chi connectivity index (χ1) is 9.22. The molecule has 0 saturated carbocycles. The summed E-state index contributed by atoms with van der Waals surface area (Å²) in [4.78, 5) is 0. The number of hydrogen-bond acceptors (Lipinski definition) is 3. The first kappa shape index (κ1) is 15.8. The number of hydrogen-bond donors (Lipinski definition) is 1. The zero-order valence-electron chi connectivity index (χ0n) is 12.4. The summed E-state index contributed by atoms with van der Waals surface area (Å²) >= 11 is 0. The fraction of sp³-hybridized carbons (Fsp3) is 0.625. The highest BCUT2D eigenvalue weighted by Gasteiger charge is 2.11. The molecule has 0 aliphatic carbocycles. The van der Waals surface area contributed by atoms with Gasteiger partial charge in [-0.2, -0.15) is 0 Å². The van der Waals surface area contributed by atoms with Crippen LogP contribution >= 0.6 is 0 Å². The Labute approximate surface area is 117 Å². The average molecular weight is 265 g/mol. The van der Waals surface area contributed by atoms with Crippen LogP contribution in [-0.4, -0.2) is 13.2 Å². The topological polar surface area (TPSA) is 44.5 Å². The zero-order chi connectivity index (χ0) is 14.1. The molecular formula is C16H27NO2. The number of benzene rings is 1. The van der Waals surface area contributed by atoms with Gasteiger partial charge in [-0.05, 0) is 37.0 Å². The van der Waals surface area contributed by atoms with Gasteiger partial charge in [0.05, 0.1) is 13.2 Å². The molecule has 1 rings (SSSR count). The number of nitrogens with two attached hydrogens (primary N) is 1. The van der Waals surface area contributed by atoms with Gasteiger partial charge in [-0.3, -0.25) is 0 Å². The lowest BCUT2D eigenvalue weighted by atomic mass is 10.0. The van der Waals surface area contributed by atoms with Gasteiger partial charge in [0.25, 0.3) is 0 Å². The van der Waals surface area contributed by atoms with Crippen molar-refractivity contribution in [2.75, 3.05) is 13.2 Å². The molecule has 19 heavy (non-hydrogen) atoms. The Morgan fingerprint density at radius 2 is 1.58 bits per heavy atom. The van der Waals surface area contributed by atoms with Crippen LogP contribution in [0.3, 0.4) is 0 Å². The van der Waals surface area contributed by atoms with Crippen molar-refractivity contribution < 1.29 is 9.47 Å². The van der Waals surface area contributed by atoms with Crippen molar-refractivity contribution in [2.24, 2.45) is 5.73 Å². The molecule has 108 valence electrons. The van der Waals surface area contributed by atoms with Crippen molar-refractivity contribution in [1.82, 2.24) is 0 Å². The molecule has 0 aliphatic heterocycles. The maximum Gasteiger partial charge on any atom is 0.161 e. The van der Waals surface area contributed by atoms with E-state index in [2.05, 4.69) is 20.8 Å². The van der Waals surface area contributed by atoms with Gasteiger partial charge in [0, 0.05) is 6.04 Å². The molecule has 0 bridgehead atoms. The summed E-state index contributed by atoms with van der Waals surface area (Å²) in [6.07, 6.45) is 4.05. The highest BCUT2D eigenvalue weighted by atomic mass is 16.5. The molecule has 0 fully saturated rings. The normalized spacial score (nSPS) is 12.2. The van der Waals surface area contributed by atoms with Gasteiger partial charge in [-0.25, -0.2) is 0 Å². The Bertz CT molecular complexity index is 366. The largest absolute Gasteiger partial charge is 0.490 e. The predicted octanol–water partition coefficient (Wildman–Crippen LogP) is 4.06. The second-order valence-electron chi connectivity index (χ2n) is 4.80. The molecular weight excluding hydrogens is 238 g/mol. The summed E-state index contributed by atoms with van der Waals surface area (Å²) in [6, 6.07) is 6.13. The van der Waals surface area contributed by atoms with Crippen LogP contribution in [0.4, 0.5) is 0 Å². The van der Waals surface area contributed by atoms with Crippen molar-refractivity contribution in [2.45, 2.75) is 52.5 Å². The molecule has 0 aliphatic rings. The summed E-state index contributed by atoms with van der Waals surface area (Å²) in [5.74, 6) is 1.64. The van der Waals surface area contributed by atoms with Crippen LogP contribution in [0.5, 0.6) is 11.5 Å². The molecule has 2 N–H and O–H groups in total. The molecule has 1 aromatic carbocycles. The predicted molar refractivity (Wildman–Crippen MR) is 79.9 cm³/mol. The van der Waals surface area contributed by atoms with Gasteiger partial charge in [0.1, 0.15) is 0 Å². The molecule has 0 saturated heterocycles. The van der Waals surface area contributed by atoms with E-state index in [4.69, 9.17) is 15.2 Å². The highest BCUT2D eigenvalue weighted by molar-refractivity contribution is 5.43. The third-order valence-electron chi connectivity index (χ3n) is 2.92. The molecule has 1 aromatic rings. The van der Waals surface area contributed by atoms with Crippen LogP contribution in [0, 0.1) is 0 Å². The second-order valence-corrected chi connectivity index (χ2v) is 4.80.